The van der Waals surface area contributed by atoms with E-state index >= 15 is 0 Å². The first-order valence-electron chi connectivity index (χ1n) is 8.46. The van der Waals surface area contributed by atoms with Gasteiger partial charge < -0.3 is 10.7 Å². The van der Waals surface area contributed by atoms with Crippen LogP contribution >= 0.6 is 11.3 Å². The normalized spacial score (nSPS) is 12.2. The fraction of sp³-hybridized carbons (Fsp3) is 0. The summed E-state index contributed by atoms with van der Waals surface area (Å²) in [4.78, 5) is 24.2. The number of carbonyl (C=O) groups is 1. The van der Waals surface area contributed by atoms with Crippen molar-refractivity contribution in [1.29, 1.82) is 0 Å². The molecule has 0 unspecified atom stereocenters. The number of nitrogens with one attached hydrogen (secondary N) is 1. The standard InChI is InChI=1S/C19H13N5O3S2/c20-18(25)17-16-11(10-7-9(29(21,26)27)5-6-12(10)22-16)8-14(23-17)19-24-13-3-1-2-4-15(13)28-19/h1-8,22H,(H2,20,25)(H2,21,26,27). The Balaban J connectivity index is 1.85. The summed E-state index contributed by atoms with van der Waals surface area (Å²) in [6.07, 6.45) is 0. The molecule has 0 saturated heterocycles. The molecule has 8 nitrogen and oxygen atoms in total. The summed E-state index contributed by atoms with van der Waals surface area (Å²) in [6.45, 7) is 0. The van der Waals surface area contributed by atoms with E-state index in [0.717, 1.165) is 10.2 Å². The molecule has 0 fully saturated rings. The number of primary amides is 1. The number of pyridine rings is 1. The zero-order valence-corrected chi connectivity index (χ0v) is 16.3. The van der Waals surface area contributed by atoms with Crippen molar-refractivity contribution in [3.8, 4) is 10.7 Å². The zero-order valence-electron chi connectivity index (χ0n) is 14.7. The van der Waals surface area contributed by atoms with Gasteiger partial charge in [-0.05, 0) is 36.4 Å². The number of nitrogens with zero attached hydrogens (tertiary/aromatic N) is 2. The van der Waals surface area contributed by atoms with Gasteiger partial charge in [-0.1, -0.05) is 12.1 Å². The molecule has 0 aliphatic rings. The molecular formula is C19H13N5O3S2. The Hall–Kier alpha value is -3.34. The number of H-pyrrole nitrogens is 1. The molecule has 1 amide bonds. The van der Waals surface area contributed by atoms with E-state index in [9.17, 15) is 13.2 Å². The van der Waals surface area contributed by atoms with Gasteiger partial charge in [-0.25, -0.2) is 23.5 Å². The van der Waals surface area contributed by atoms with Gasteiger partial charge in [-0.2, -0.15) is 0 Å². The summed E-state index contributed by atoms with van der Waals surface area (Å²) in [6, 6.07) is 13.9. The zero-order chi connectivity index (χ0) is 20.3. The number of nitrogens with two attached hydrogens (primary N) is 2. The predicted octanol–water partition coefficient (Wildman–Crippen LogP) is 2.74. The molecule has 5 aromatic rings. The quantitative estimate of drug-likeness (QED) is 0.408. The van der Waals surface area contributed by atoms with Crippen LogP contribution in [-0.2, 0) is 10.0 Å². The smallest absolute Gasteiger partial charge is 0.269 e. The van der Waals surface area contributed by atoms with Crippen molar-refractivity contribution in [1.82, 2.24) is 15.0 Å². The molecule has 10 heteroatoms. The van der Waals surface area contributed by atoms with E-state index in [1.165, 1.54) is 23.5 Å². The minimum Gasteiger partial charge on any atom is -0.364 e. The molecule has 5 N–H and O–H groups in total. The Morgan fingerprint density at radius 2 is 1.83 bits per heavy atom. The second-order valence-corrected chi connectivity index (χ2v) is 9.10. The van der Waals surface area contributed by atoms with Crippen LogP contribution in [0.3, 0.4) is 0 Å². The van der Waals surface area contributed by atoms with Crippen LogP contribution in [0.2, 0.25) is 0 Å². The first-order chi connectivity index (χ1) is 13.8. The van der Waals surface area contributed by atoms with Gasteiger partial charge in [-0.3, -0.25) is 4.79 Å². The molecule has 3 heterocycles. The van der Waals surface area contributed by atoms with Crippen LogP contribution in [0.1, 0.15) is 10.5 Å². The molecule has 0 atom stereocenters. The second kappa shape index (κ2) is 6.08. The number of hydrogen-bond donors (Lipinski definition) is 3. The summed E-state index contributed by atoms with van der Waals surface area (Å²) < 4.78 is 24.5. The highest BCUT2D eigenvalue weighted by Crippen LogP contribution is 2.34. The lowest BCUT2D eigenvalue weighted by atomic mass is 10.1. The van der Waals surface area contributed by atoms with Crippen molar-refractivity contribution in [3.05, 3.63) is 54.2 Å². The largest absolute Gasteiger partial charge is 0.364 e. The van der Waals surface area contributed by atoms with Gasteiger partial charge in [0.2, 0.25) is 10.0 Å². The summed E-state index contributed by atoms with van der Waals surface area (Å²) in [5.41, 5.74) is 8.01. The van der Waals surface area contributed by atoms with E-state index in [2.05, 4.69) is 15.0 Å². The van der Waals surface area contributed by atoms with Gasteiger partial charge in [0.25, 0.3) is 5.91 Å². The molecule has 3 aromatic heterocycles. The first-order valence-corrected chi connectivity index (χ1v) is 10.8. The van der Waals surface area contributed by atoms with Crippen molar-refractivity contribution < 1.29 is 13.2 Å². The lowest BCUT2D eigenvalue weighted by Crippen LogP contribution is -2.14. The number of thiazole rings is 1. The Morgan fingerprint density at radius 1 is 1.03 bits per heavy atom. The van der Waals surface area contributed by atoms with Crippen molar-refractivity contribution in [2.24, 2.45) is 10.9 Å². The highest BCUT2D eigenvalue weighted by Gasteiger charge is 2.19. The lowest BCUT2D eigenvalue weighted by Gasteiger charge is -2.02. The van der Waals surface area contributed by atoms with Crippen molar-refractivity contribution in [2.45, 2.75) is 4.90 Å². The maximum absolute atomic E-state index is 12.1. The van der Waals surface area contributed by atoms with Gasteiger partial charge >= 0.3 is 0 Å². The number of rotatable bonds is 3. The Labute approximate surface area is 168 Å². The topological polar surface area (TPSA) is 145 Å². The van der Waals surface area contributed by atoms with Gasteiger partial charge in [0.1, 0.15) is 10.7 Å². The van der Waals surface area contributed by atoms with Crippen LogP contribution in [0.4, 0.5) is 0 Å². The number of sulfonamides is 1. The van der Waals surface area contributed by atoms with Crippen LogP contribution in [0.5, 0.6) is 0 Å². The Kier molecular flexibility index (Phi) is 3.72. The van der Waals surface area contributed by atoms with E-state index in [0.29, 0.717) is 32.5 Å². The highest BCUT2D eigenvalue weighted by molar-refractivity contribution is 7.89. The molecule has 29 heavy (non-hydrogen) atoms. The lowest BCUT2D eigenvalue weighted by molar-refractivity contribution is 0.0997. The van der Waals surface area contributed by atoms with Crippen LogP contribution in [-0.4, -0.2) is 29.3 Å². The summed E-state index contributed by atoms with van der Waals surface area (Å²) >= 11 is 1.44. The number of amides is 1. The molecule has 0 aliphatic carbocycles. The van der Waals surface area contributed by atoms with Crippen LogP contribution < -0.4 is 10.9 Å². The third-order valence-electron chi connectivity index (χ3n) is 4.64. The van der Waals surface area contributed by atoms with Gasteiger partial charge in [0.05, 0.1) is 20.6 Å². The minimum atomic E-state index is -3.88. The molecule has 5 rings (SSSR count). The van der Waals surface area contributed by atoms with Gasteiger partial charge in [0, 0.05) is 16.3 Å². The number of fused-ring (bicyclic) bond motifs is 4. The molecule has 0 aliphatic heterocycles. The fourth-order valence-electron chi connectivity index (χ4n) is 3.32. The molecular weight excluding hydrogens is 410 g/mol. The molecule has 144 valence electrons. The third kappa shape index (κ3) is 2.85. The molecule has 0 bridgehead atoms. The Morgan fingerprint density at radius 3 is 2.55 bits per heavy atom. The number of benzene rings is 2. The van der Waals surface area contributed by atoms with Gasteiger partial charge in [0.15, 0.2) is 5.69 Å². The van der Waals surface area contributed by atoms with Gasteiger partial charge in [-0.15, -0.1) is 11.3 Å². The van der Waals surface area contributed by atoms with Crippen molar-refractivity contribution >= 4 is 59.3 Å². The van der Waals surface area contributed by atoms with E-state index in [-0.39, 0.29) is 10.6 Å². The maximum atomic E-state index is 12.1. The molecule has 0 radical (unpaired) electrons. The molecule has 0 spiro atoms. The van der Waals surface area contributed by atoms with Crippen molar-refractivity contribution in [2.75, 3.05) is 0 Å². The number of aromatic amines is 1. The van der Waals surface area contributed by atoms with Crippen LogP contribution in [0.25, 0.3) is 42.7 Å². The SMILES string of the molecule is NC(=O)c1nc(-c2nc3ccccc3s2)cc2c1[nH]c1ccc(S(N)(=O)=O)cc12. The number of aromatic nitrogens is 3. The number of hydrogen-bond acceptors (Lipinski definition) is 6. The average Bonchev–Trinajstić information content (AvgIpc) is 3.27. The van der Waals surface area contributed by atoms with E-state index in [1.807, 2.05) is 24.3 Å². The Bertz CT molecular complexity index is 1530. The summed E-state index contributed by atoms with van der Waals surface area (Å²) in [5, 5.41) is 7.11. The van der Waals surface area contributed by atoms with Crippen molar-refractivity contribution in [3.63, 3.8) is 0 Å². The monoisotopic (exact) mass is 423 g/mol. The number of carbonyl (C=O) groups excluding carboxylic acids is 1. The average molecular weight is 423 g/mol. The highest BCUT2D eigenvalue weighted by atomic mass is 32.2. The predicted molar refractivity (Wildman–Crippen MR) is 112 cm³/mol. The van der Waals surface area contributed by atoms with E-state index in [4.69, 9.17) is 10.9 Å². The third-order valence-corrected chi connectivity index (χ3v) is 6.61. The summed E-state index contributed by atoms with van der Waals surface area (Å²) in [5.74, 6) is -0.698. The van der Waals surface area contributed by atoms with Crippen LogP contribution in [0.15, 0.2) is 53.4 Å². The summed E-state index contributed by atoms with van der Waals surface area (Å²) in [7, 11) is -3.88. The minimum absolute atomic E-state index is 0.0233. The second-order valence-electron chi connectivity index (χ2n) is 6.51. The maximum Gasteiger partial charge on any atom is 0.269 e. The molecule has 0 saturated carbocycles. The van der Waals surface area contributed by atoms with E-state index < -0.39 is 15.9 Å². The fourth-order valence-corrected chi connectivity index (χ4v) is 4.79. The number of para-hydroxylation sites is 1. The van der Waals surface area contributed by atoms with E-state index in [1.54, 1.807) is 12.1 Å². The first kappa shape index (κ1) is 17.7. The number of primary sulfonamides is 1. The van der Waals surface area contributed by atoms with Crippen LogP contribution in [0, 0.1) is 0 Å². The molecule has 2 aromatic carbocycles.